The second-order valence-electron chi connectivity index (χ2n) is 7.16. The van der Waals surface area contributed by atoms with E-state index < -0.39 is 23.2 Å². The van der Waals surface area contributed by atoms with Gasteiger partial charge in [-0.1, -0.05) is 12.1 Å². The first-order chi connectivity index (χ1) is 16.2. The SMILES string of the molecule is CCOC(=O)[C@@H](C)N1C(=O)S/C(=C/c2cc(I)c(OCc3cccc(F)c3)c(OCC)c2)C1=O. The lowest BCUT2D eigenvalue weighted by atomic mass is 10.1. The fourth-order valence-electron chi connectivity index (χ4n) is 3.19. The van der Waals surface area contributed by atoms with Crippen LogP contribution in [0.25, 0.3) is 6.08 Å². The summed E-state index contributed by atoms with van der Waals surface area (Å²) in [6, 6.07) is 8.61. The van der Waals surface area contributed by atoms with Crippen molar-refractivity contribution < 1.29 is 33.0 Å². The lowest BCUT2D eigenvalue weighted by Gasteiger charge is -2.19. The van der Waals surface area contributed by atoms with Crippen molar-refractivity contribution in [2.75, 3.05) is 13.2 Å². The summed E-state index contributed by atoms with van der Waals surface area (Å²) in [7, 11) is 0. The van der Waals surface area contributed by atoms with E-state index in [1.807, 2.05) is 6.92 Å². The average molecular weight is 599 g/mol. The van der Waals surface area contributed by atoms with Gasteiger partial charge in [-0.3, -0.25) is 14.5 Å². The Kier molecular flexibility index (Phi) is 8.95. The van der Waals surface area contributed by atoms with Crippen LogP contribution in [0.4, 0.5) is 9.18 Å². The van der Waals surface area contributed by atoms with Crippen molar-refractivity contribution in [1.29, 1.82) is 0 Å². The van der Waals surface area contributed by atoms with E-state index in [0.29, 0.717) is 32.8 Å². The summed E-state index contributed by atoms with van der Waals surface area (Å²) in [4.78, 5) is 38.4. The highest BCUT2D eigenvalue weighted by Gasteiger charge is 2.41. The van der Waals surface area contributed by atoms with Crippen molar-refractivity contribution >= 4 is 57.5 Å². The van der Waals surface area contributed by atoms with Crippen molar-refractivity contribution in [3.05, 3.63) is 61.8 Å². The number of carbonyl (C=O) groups is 3. The van der Waals surface area contributed by atoms with Gasteiger partial charge in [-0.2, -0.15) is 0 Å². The number of halogens is 2. The zero-order chi connectivity index (χ0) is 24.8. The predicted octanol–water partition coefficient (Wildman–Crippen LogP) is 5.40. The normalized spacial score (nSPS) is 15.6. The van der Waals surface area contributed by atoms with E-state index in [1.165, 1.54) is 19.1 Å². The molecule has 1 heterocycles. The molecule has 0 saturated carbocycles. The summed E-state index contributed by atoms with van der Waals surface area (Å²) in [6.45, 7) is 5.63. The molecular weight excluding hydrogens is 576 g/mol. The molecule has 10 heteroatoms. The Bertz CT molecular complexity index is 1140. The molecule has 0 radical (unpaired) electrons. The molecule has 0 N–H and O–H groups in total. The number of hydrogen-bond acceptors (Lipinski definition) is 7. The number of amides is 2. The molecular formula is C24H23FINO6S. The highest BCUT2D eigenvalue weighted by atomic mass is 127. The molecule has 2 aromatic rings. The van der Waals surface area contributed by atoms with Crippen molar-refractivity contribution in [3.8, 4) is 11.5 Å². The number of imide groups is 1. The maximum absolute atomic E-state index is 13.5. The summed E-state index contributed by atoms with van der Waals surface area (Å²) >= 11 is 2.85. The predicted molar refractivity (Wildman–Crippen MR) is 135 cm³/mol. The summed E-state index contributed by atoms with van der Waals surface area (Å²) in [5.41, 5.74) is 1.30. The largest absolute Gasteiger partial charge is 0.490 e. The minimum Gasteiger partial charge on any atom is -0.490 e. The van der Waals surface area contributed by atoms with Crippen molar-refractivity contribution in [2.24, 2.45) is 0 Å². The van der Waals surface area contributed by atoms with E-state index in [1.54, 1.807) is 37.3 Å². The summed E-state index contributed by atoms with van der Waals surface area (Å²) in [5, 5.41) is -0.536. The van der Waals surface area contributed by atoms with Gasteiger partial charge in [0.2, 0.25) is 0 Å². The number of ether oxygens (including phenoxy) is 3. The first kappa shape index (κ1) is 26.0. The third-order valence-corrected chi connectivity index (χ3v) is 6.43. The van der Waals surface area contributed by atoms with Crippen LogP contribution in [0.15, 0.2) is 41.3 Å². The van der Waals surface area contributed by atoms with E-state index in [2.05, 4.69) is 22.6 Å². The quantitative estimate of drug-likeness (QED) is 0.217. The van der Waals surface area contributed by atoms with Gasteiger partial charge >= 0.3 is 5.97 Å². The molecule has 34 heavy (non-hydrogen) atoms. The fraction of sp³-hybridized carbons (Fsp3) is 0.292. The second kappa shape index (κ2) is 11.7. The molecule has 2 aromatic carbocycles. The number of hydrogen-bond donors (Lipinski definition) is 0. The lowest BCUT2D eigenvalue weighted by molar-refractivity contribution is -0.150. The van der Waals surface area contributed by atoms with Crippen LogP contribution in [0.3, 0.4) is 0 Å². The van der Waals surface area contributed by atoms with Gasteiger partial charge in [0.05, 0.1) is 21.7 Å². The molecule has 7 nitrogen and oxygen atoms in total. The van der Waals surface area contributed by atoms with Gasteiger partial charge in [0.1, 0.15) is 18.5 Å². The smallest absolute Gasteiger partial charge is 0.329 e. The Balaban J connectivity index is 1.85. The molecule has 0 aliphatic carbocycles. The third kappa shape index (κ3) is 6.09. The first-order valence-electron chi connectivity index (χ1n) is 10.5. The van der Waals surface area contributed by atoms with E-state index in [0.717, 1.165) is 16.7 Å². The topological polar surface area (TPSA) is 82.1 Å². The van der Waals surface area contributed by atoms with Crippen LogP contribution in [0.2, 0.25) is 0 Å². The molecule has 0 bridgehead atoms. The Labute approximate surface area is 214 Å². The number of thioether (sulfide) groups is 1. The van der Waals surface area contributed by atoms with Crippen LogP contribution in [-0.4, -0.2) is 41.3 Å². The lowest BCUT2D eigenvalue weighted by Crippen LogP contribution is -2.42. The number of benzene rings is 2. The van der Waals surface area contributed by atoms with Gasteiger partial charge in [0.25, 0.3) is 11.1 Å². The molecule has 0 aromatic heterocycles. The average Bonchev–Trinajstić information content (AvgIpc) is 3.05. The molecule has 0 unspecified atom stereocenters. The first-order valence-corrected chi connectivity index (χ1v) is 12.4. The van der Waals surface area contributed by atoms with Gasteiger partial charge in [-0.05, 0) is 96.6 Å². The second-order valence-corrected chi connectivity index (χ2v) is 9.32. The van der Waals surface area contributed by atoms with Gasteiger partial charge < -0.3 is 14.2 Å². The highest BCUT2D eigenvalue weighted by Crippen LogP contribution is 2.38. The van der Waals surface area contributed by atoms with Crippen molar-refractivity contribution in [3.63, 3.8) is 0 Å². The van der Waals surface area contributed by atoms with E-state index in [4.69, 9.17) is 14.2 Å². The van der Waals surface area contributed by atoms with Crippen LogP contribution in [-0.2, 0) is 20.9 Å². The number of rotatable bonds is 9. The molecule has 1 fully saturated rings. The van der Waals surface area contributed by atoms with E-state index in [9.17, 15) is 18.8 Å². The van der Waals surface area contributed by atoms with E-state index in [-0.39, 0.29) is 23.9 Å². The highest BCUT2D eigenvalue weighted by molar-refractivity contribution is 14.1. The Morgan fingerprint density at radius 3 is 2.62 bits per heavy atom. The standard InChI is InChI=1S/C24H23FINO6S/c1-4-31-19-11-16(10-18(26)21(19)33-13-15-7-6-8-17(25)9-15)12-20-22(28)27(24(30)34-20)14(3)23(29)32-5-2/h6-12,14H,4-5,13H2,1-3H3/b20-12+/t14-/m1/s1. The third-order valence-electron chi connectivity index (χ3n) is 4.74. The molecule has 1 atom stereocenters. The monoisotopic (exact) mass is 599 g/mol. The van der Waals surface area contributed by atoms with Gasteiger partial charge in [0.15, 0.2) is 11.5 Å². The maximum Gasteiger partial charge on any atom is 0.329 e. The minimum atomic E-state index is -1.02. The summed E-state index contributed by atoms with van der Waals surface area (Å²) in [5.74, 6) is -0.597. The van der Waals surface area contributed by atoms with Crippen LogP contribution >= 0.6 is 34.4 Å². The summed E-state index contributed by atoms with van der Waals surface area (Å²) in [6.07, 6.45) is 1.57. The molecule has 1 aliphatic rings. The van der Waals surface area contributed by atoms with E-state index >= 15 is 0 Å². The number of nitrogens with zero attached hydrogens (tertiary/aromatic N) is 1. The molecule has 180 valence electrons. The minimum absolute atomic E-state index is 0.151. The Hall–Kier alpha value is -2.60. The molecule has 2 amide bonds. The van der Waals surface area contributed by atoms with Gasteiger partial charge in [-0.25, -0.2) is 9.18 Å². The number of esters is 1. The molecule has 1 saturated heterocycles. The van der Waals surface area contributed by atoms with Crippen LogP contribution < -0.4 is 9.47 Å². The van der Waals surface area contributed by atoms with Gasteiger partial charge in [-0.15, -0.1) is 0 Å². The molecule has 3 rings (SSSR count). The van der Waals surface area contributed by atoms with Crippen LogP contribution in [0.5, 0.6) is 11.5 Å². The fourth-order valence-corrected chi connectivity index (χ4v) is 4.88. The zero-order valence-corrected chi connectivity index (χ0v) is 21.8. The van der Waals surface area contributed by atoms with Gasteiger partial charge in [0, 0.05) is 0 Å². The molecule has 0 spiro atoms. The molecule has 1 aliphatic heterocycles. The zero-order valence-electron chi connectivity index (χ0n) is 18.8. The van der Waals surface area contributed by atoms with Crippen molar-refractivity contribution in [1.82, 2.24) is 4.90 Å². The summed E-state index contributed by atoms with van der Waals surface area (Å²) < 4.78 is 30.8. The maximum atomic E-state index is 13.5. The Morgan fingerprint density at radius 2 is 1.94 bits per heavy atom. The number of carbonyl (C=O) groups excluding carboxylic acids is 3. The van der Waals surface area contributed by atoms with Crippen LogP contribution in [0, 0.1) is 9.39 Å². The Morgan fingerprint density at radius 1 is 1.18 bits per heavy atom. The van der Waals surface area contributed by atoms with Crippen LogP contribution in [0.1, 0.15) is 31.9 Å². The van der Waals surface area contributed by atoms with Crippen molar-refractivity contribution in [2.45, 2.75) is 33.4 Å².